The highest BCUT2D eigenvalue weighted by molar-refractivity contribution is 8.04. The van der Waals surface area contributed by atoms with Gasteiger partial charge in [0, 0.05) is 23.7 Å². The Balaban J connectivity index is 1.52. The van der Waals surface area contributed by atoms with E-state index in [1.807, 2.05) is 4.90 Å². The highest BCUT2D eigenvalue weighted by Crippen LogP contribution is 2.46. The Hall–Kier alpha value is -1.21. The van der Waals surface area contributed by atoms with Crippen molar-refractivity contribution in [1.29, 1.82) is 0 Å². The first kappa shape index (κ1) is 14.7. The zero-order valence-electron chi connectivity index (χ0n) is 12.3. The van der Waals surface area contributed by atoms with Gasteiger partial charge in [0.25, 0.3) is 0 Å². The van der Waals surface area contributed by atoms with Crippen molar-refractivity contribution in [3.05, 3.63) is 11.1 Å². The number of carbonyl (C=O) groups is 2. The normalized spacial score (nSPS) is 32.6. The molecule has 3 rings (SSSR count). The molecule has 3 heterocycles. The molecule has 4 atom stereocenters. The van der Waals surface area contributed by atoms with E-state index in [0.717, 1.165) is 24.3 Å². The fourth-order valence-corrected chi connectivity index (χ4v) is 4.56. The van der Waals surface area contributed by atoms with E-state index in [0.29, 0.717) is 12.6 Å². The molecule has 0 bridgehead atoms. The number of rotatable bonds is 3. The number of hydrogen-bond acceptors (Lipinski definition) is 4. The molecule has 0 spiro atoms. The van der Waals surface area contributed by atoms with Gasteiger partial charge in [0.05, 0.1) is 18.6 Å². The predicted molar refractivity (Wildman–Crippen MR) is 80.3 cm³/mol. The van der Waals surface area contributed by atoms with E-state index in [1.165, 1.54) is 0 Å². The molecule has 2 fully saturated rings. The van der Waals surface area contributed by atoms with Crippen LogP contribution in [-0.2, 0) is 4.79 Å². The van der Waals surface area contributed by atoms with E-state index in [2.05, 4.69) is 12.2 Å². The molecule has 6 nitrogen and oxygen atoms in total. The number of thioether (sulfide) groups is 1. The Morgan fingerprint density at radius 1 is 1.62 bits per heavy atom. The maximum absolute atomic E-state index is 12.1. The Labute approximate surface area is 128 Å². The number of nitrogens with zero attached hydrogens (tertiary/aromatic N) is 2. The van der Waals surface area contributed by atoms with Crippen molar-refractivity contribution in [1.82, 2.24) is 15.1 Å². The van der Waals surface area contributed by atoms with Gasteiger partial charge in [-0.2, -0.15) is 0 Å². The third kappa shape index (κ3) is 2.53. The molecule has 1 unspecified atom stereocenters. The summed E-state index contributed by atoms with van der Waals surface area (Å²) in [5.41, 5.74) is 0. The second-order valence-corrected chi connectivity index (χ2v) is 7.20. The first-order valence-electron chi connectivity index (χ1n) is 7.41. The van der Waals surface area contributed by atoms with Crippen molar-refractivity contribution >= 4 is 23.7 Å². The van der Waals surface area contributed by atoms with E-state index in [4.69, 9.17) is 0 Å². The summed E-state index contributed by atoms with van der Waals surface area (Å²) in [5, 5.41) is 12.5. The van der Waals surface area contributed by atoms with E-state index in [1.54, 1.807) is 29.8 Å². The second kappa shape index (κ2) is 5.53. The molecule has 0 aliphatic carbocycles. The van der Waals surface area contributed by atoms with Gasteiger partial charge in [-0.3, -0.25) is 4.79 Å². The van der Waals surface area contributed by atoms with E-state index in [-0.39, 0.29) is 23.2 Å². The minimum atomic E-state index is -0.626. The van der Waals surface area contributed by atoms with Crippen LogP contribution in [0.25, 0.3) is 0 Å². The largest absolute Gasteiger partial charge is 0.392 e. The first-order chi connectivity index (χ1) is 9.99. The summed E-state index contributed by atoms with van der Waals surface area (Å²) in [5.74, 6) is -0.352. The number of urea groups is 1. The van der Waals surface area contributed by atoms with Gasteiger partial charge < -0.3 is 20.2 Å². The van der Waals surface area contributed by atoms with Crippen molar-refractivity contribution in [2.45, 2.75) is 44.2 Å². The Bertz CT molecular complexity index is 494. The molecule has 3 aliphatic rings. The van der Waals surface area contributed by atoms with Gasteiger partial charge in [0.1, 0.15) is 5.37 Å². The standard InChI is InChI=1S/C14H21N3O3S/c1-8-4-3-5-16(8)14(20)15-6-10-7-17-12(19)11(9(2)18)13(17)21-10/h7-9,11,13,18H,3-6H2,1-2H3,(H,15,20)/t8-,9-,11?,13+/m1/s1. The van der Waals surface area contributed by atoms with Crippen molar-refractivity contribution in [3.8, 4) is 0 Å². The van der Waals surface area contributed by atoms with Crippen LogP contribution in [0.3, 0.4) is 0 Å². The Morgan fingerprint density at radius 3 is 3.00 bits per heavy atom. The Kier molecular flexibility index (Phi) is 3.88. The maximum atomic E-state index is 12.1. The molecule has 0 radical (unpaired) electrons. The lowest BCUT2D eigenvalue weighted by Gasteiger charge is -2.42. The molecule has 21 heavy (non-hydrogen) atoms. The third-order valence-corrected chi connectivity index (χ3v) is 5.74. The van der Waals surface area contributed by atoms with E-state index in [9.17, 15) is 14.7 Å². The number of carbonyl (C=O) groups excluding carboxylic acids is 2. The number of fused-ring (bicyclic) bond motifs is 1. The summed E-state index contributed by atoms with van der Waals surface area (Å²) in [6, 6.07) is 0.269. The smallest absolute Gasteiger partial charge is 0.317 e. The van der Waals surface area contributed by atoms with Crippen LogP contribution >= 0.6 is 11.8 Å². The van der Waals surface area contributed by atoms with Crippen molar-refractivity contribution in [2.24, 2.45) is 5.92 Å². The molecular weight excluding hydrogens is 290 g/mol. The lowest BCUT2D eigenvalue weighted by molar-refractivity contribution is -0.151. The lowest BCUT2D eigenvalue weighted by Crippen LogP contribution is -2.58. The molecular formula is C14H21N3O3S. The van der Waals surface area contributed by atoms with Gasteiger partial charge in [-0.15, -0.1) is 11.8 Å². The fraction of sp³-hybridized carbons (Fsp3) is 0.714. The van der Waals surface area contributed by atoms with Crippen molar-refractivity contribution in [2.75, 3.05) is 13.1 Å². The summed E-state index contributed by atoms with van der Waals surface area (Å²) in [6.07, 6.45) is 3.29. The zero-order valence-corrected chi connectivity index (χ0v) is 13.1. The highest BCUT2D eigenvalue weighted by atomic mass is 32.2. The monoisotopic (exact) mass is 311 g/mol. The van der Waals surface area contributed by atoms with Gasteiger partial charge in [0.15, 0.2) is 0 Å². The van der Waals surface area contributed by atoms with Crippen LogP contribution in [-0.4, -0.2) is 57.5 Å². The van der Waals surface area contributed by atoms with Crippen LogP contribution in [0.15, 0.2) is 11.1 Å². The van der Waals surface area contributed by atoms with Gasteiger partial charge in [-0.25, -0.2) is 4.79 Å². The molecule has 3 amide bonds. The lowest BCUT2D eigenvalue weighted by atomic mass is 9.93. The van der Waals surface area contributed by atoms with Crippen LogP contribution in [0, 0.1) is 5.92 Å². The third-order valence-electron chi connectivity index (χ3n) is 4.42. The van der Waals surface area contributed by atoms with Gasteiger partial charge >= 0.3 is 6.03 Å². The van der Waals surface area contributed by atoms with Gasteiger partial charge in [-0.1, -0.05) is 0 Å². The number of aliphatic hydroxyl groups excluding tert-OH is 1. The van der Waals surface area contributed by atoms with Gasteiger partial charge in [0.2, 0.25) is 5.91 Å². The number of amides is 3. The molecule has 0 aromatic heterocycles. The summed E-state index contributed by atoms with van der Waals surface area (Å²) in [7, 11) is 0. The maximum Gasteiger partial charge on any atom is 0.317 e. The summed E-state index contributed by atoms with van der Waals surface area (Å²) >= 11 is 1.56. The molecule has 116 valence electrons. The van der Waals surface area contributed by atoms with Gasteiger partial charge in [-0.05, 0) is 26.7 Å². The molecule has 3 aliphatic heterocycles. The topological polar surface area (TPSA) is 72.9 Å². The van der Waals surface area contributed by atoms with Crippen LogP contribution < -0.4 is 5.32 Å². The SMILES string of the molecule is C[C@@H]1CCCN1C(=O)NCC1=CN2C(=O)C([C@@H](C)O)[C@@H]2S1. The molecule has 7 heteroatoms. The van der Waals surface area contributed by atoms with Crippen LogP contribution in [0.2, 0.25) is 0 Å². The van der Waals surface area contributed by atoms with Crippen LogP contribution in [0.4, 0.5) is 4.79 Å². The minimum absolute atomic E-state index is 0.00453. The van der Waals surface area contributed by atoms with E-state index >= 15 is 0 Å². The minimum Gasteiger partial charge on any atom is -0.392 e. The molecule has 0 aromatic rings. The van der Waals surface area contributed by atoms with Crippen molar-refractivity contribution in [3.63, 3.8) is 0 Å². The predicted octanol–water partition coefficient (Wildman–Crippen LogP) is 0.934. The second-order valence-electron chi connectivity index (χ2n) is 5.96. The zero-order chi connectivity index (χ0) is 15.1. The summed E-state index contributed by atoms with van der Waals surface area (Å²) in [4.78, 5) is 28.4. The summed E-state index contributed by atoms with van der Waals surface area (Å²) < 4.78 is 0. The highest BCUT2D eigenvalue weighted by Gasteiger charge is 2.52. The number of aliphatic hydroxyl groups is 1. The average Bonchev–Trinajstić information content (AvgIpc) is 3.00. The fourth-order valence-electron chi connectivity index (χ4n) is 3.15. The number of hydrogen-bond donors (Lipinski definition) is 2. The first-order valence-corrected chi connectivity index (χ1v) is 8.29. The number of β-lactam (4-membered cyclic amide) rings is 1. The average molecular weight is 311 g/mol. The van der Waals surface area contributed by atoms with Crippen LogP contribution in [0.1, 0.15) is 26.7 Å². The van der Waals surface area contributed by atoms with Crippen molar-refractivity contribution < 1.29 is 14.7 Å². The molecule has 2 N–H and O–H groups in total. The molecule has 2 saturated heterocycles. The van der Waals surface area contributed by atoms with Crippen LogP contribution in [0.5, 0.6) is 0 Å². The number of likely N-dealkylation sites (tertiary alicyclic amines) is 1. The Morgan fingerprint density at radius 2 is 2.38 bits per heavy atom. The van der Waals surface area contributed by atoms with E-state index < -0.39 is 6.10 Å². The summed E-state index contributed by atoms with van der Waals surface area (Å²) in [6.45, 7) is 4.97. The number of nitrogens with one attached hydrogen (secondary N) is 1. The quantitative estimate of drug-likeness (QED) is 0.761. The molecule has 0 saturated carbocycles. The molecule has 0 aromatic carbocycles.